The van der Waals surface area contributed by atoms with E-state index in [2.05, 4.69) is 5.32 Å². The van der Waals surface area contributed by atoms with Gasteiger partial charge in [0.15, 0.2) is 0 Å². The summed E-state index contributed by atoms with van der Waals surface area (Å²) in [6.45, 7) is 0. The molecule has 3 aromatic rings. The molecule has 4 heteroatoms. The van der Waals surface area contributed by atoms with Gasteiger partial charge in [0.1, 0.15) is 5.82 Å². The van der Waals surface area contributed by atoms with Crippen LogP contribution in [0.25, 0.3) is 11.1 Å². The van der Waals surface area contributed by atoms with E-state index < -0.39 is 5.82 Å². The van der Waals surface area contributed by atoms with Crippen LogP contribution in [0.5, 0.6) is 0 Å². The van der Waals surface area contributed by atoms with Gasteiger partial charge < -0.3 is 5.32 Å². The zero-order valence-electron chi connectivity index (χ0n) is 12.8. The molecule has 0 aliphatic rings. The number of rotatable bonds is 4. The van der Waals surface area contributed by atoms with Crippen molar-refractivity contribution >= 4 is 23.2 Å². The molecule has 3 aromatic carbocycles. The highest BCUT2D eigenvalue weighted by atomic mass is 35.5. The summed E-state index contributed by atoms with van der Waals surface area (Å²) in [6, 6.07) is 21.9. The maximum atomic E-state index is 13.7. The quantitative estimate of drug-likeness (QED) is 0.684. The third-order valence-electron chi connectivity index (χ3n) is 3.63. The molecular weight excluding hydrogens is 325 g/mol. The Balaban J connectivity index is 1.66. The van der Waals surface area contributed by atoms with Gasteiger partial charge in [-0.05, 0) is 34.9 Å². The molecule has 0 fully saturated rings. The van der Waals surface area contributed by atoms with Crippen LogP contribution in [0.15, 0.2) is 72.8 Å². The Morgan fingerprint density at radius 2 is 1.58 bits per heavy atom. The number of anilines is 1. The zero-order valence-corrected chi connectivity index (χ0v) is 13.6. The van der Waals surface area contributed by atoms with Crippen LogP contribution in [0.3, 0.4) is 0 Å². The summed E-state index contributed by atoms with van der Waals surface area (Å²) in [4.78, 5) is 12.1. The fraction of sp³-hybridized carbons (Fsp3) is 0.0500. The first-order chi connectivity index (χ1) is 11.6. The lowest BCUT2D eigenvalue weighted by Gasteiger charge is -2.08. The van der Waals surface area contributed by atoms with E-state index in [1.54, 1.807) is 0 Å². The van der Waals surface area contributed by atoms with Gasteiger partial charge in [-0.2, -0.15) is 0 Å². The first kappa shape index (κ1) is 16.2. The summed E-state index contributed by atoms with van der Waals surface area (Å²) < 4.78 is 13.7. The second kappa shape index (κ2) is 7.28. The van der Waals surface area contributed by atoms with Crippen molar-refractivity contribution in [2.24, 2.45) is 0 Å². The Bertz CT molecular complexity index is 847. The standard InChI is InChI=1S/C20H15ClFNO/c21-17-10-11-19(18(22)13-17)23-20(24)12-14-6-8-16(9-7-14)15-4-2-1-3-5-15/h1-11,13H,12H2,(H,23,24). The minimum Gasteiger partial charge on any atom is -0.323 e. The number of hydrogen-bond donors (Lipinski definition) is 1. The molecule has 0 saturated carbocycles. The molecule has 24 heavy (non-hydrogen) atoms. The molecule has 0 aliphatic carbocycles. The molecule has 1 amide bonds. The molecule has 0 spiro atoms. The van der Waals surface area contributed by atoms with E-state index in [0.29, 0.717) is 5.02 Å². The van der Waals surface area contributed by atoms with Gasteiger partial charge in [-0.25, -0.2) is 4.39 Å². The van der Waals surface area contributed by atoms with Gasteiger partial charge in [0.25, 0.3) is 0 Å². The Hall–Kier alpha value is -2.65. The van der Waals surface area contributed by atoms with E-state index in [4.69, 9.17) is 11.6 Å². The number of nitrogens with one attached hydrogen (secondary N) is 1. The molecule has 2 nitrogen and oxygen atoms in total. The lowest BCUT2D eigenvalue weighted by molar-refractivity contribution is -0.115. The normalized spacial score (nSPS) is 10.4. The molecule has 0 radical (unpaired) electrons. The molecule has 3 rings (SSSR count). The number of halogens is 2. The smallest absolute Gasteiger partial charge is 0.228 e. The van der Waals surface area contributed by atoms with E-state index in [-0.39, 0.29) is 18.0 Å². The van der Waals surface area contributed by atoms with Crippen LogP contribution in [0, 0.1) is 5.82 Å². The number of carbonyl (C=O) groups excluding carboxylic acids is 1. The molecule has 0 aliphatic heterocycles. The minimum atomic E-state index is -0.546. The average molecular weight is 340 g/mol. The van der Waals surface area contributed by atoms with Crippen LogP contribution in [-0.2, 0) is 11.2 Å². The Kier molecular flexibility index (Phi) is 4.92. The predicted octanol–water partition coefficient (Wildman–Crippen LogP) is 5.33. The van der Waals surface area contributed by atoms with Gasteiger partial charge in [-0.1, -0.05) is 66.2 Å². The fourth-order valence-corrected chi connectivity index (χ4v) is 2.58. The zero-order chi connectivity index (χ0) is 16.9. The maximum absolute atomic E-state index is 13.7. The van der Waals surface area contributed by atoms with Crippen LogP contribution in [0.1, 0.15) is 5.56 Å². The van der Waals surface area contributed by atoms with Crippen molar-refractivity contribution < 1.29 is 9.18 Å². The second-order valence-corrected chi connectivity index (χ2v) is 5.85. The first-order valence-electron chi connectivity index (χ1n) is 7.51. The number of amides is 1. The molecule has 0 atom stereocenters. The van der Waals surface area contributed by atoms with E-state index in [1.807, 2.05) is 54.6 Å². The lowest BCUT2D eigenvalue weighted by Crippen LogP contribution is -2.15. The van der Waals surface area contributed by atoms with E-state index in [1.165, 1.54) is 18.2 Å². The fourth-order valence-electron chi connectivity index (χ4n) is 2.42. The van der Waals surface area contributed by atoms with Gasteiger partial charge >= 0.3 is 0 Å². The van der Waals surface area contributed by atoms with Crippen molar-refractivity contribution in [1.82, 2.24) is 0 Å². The van der Waals surface area contributed by atoms with Crippen LogP contribution in [0.4, 0.5) is 10.1 Å². The van der Waals surface area contributed by atoms with Gasteiger partial charge in [0.05, 0.1) is 12.1 Å². The molecule has 0 heterocycles. The summed E-state index contributed by atoms with van der Waals surface area (Å²) >= 11 is 5.70. The van der Waals surface area contributed by atoms with Gasteiger partial charge in [0, 0.05) is 5.02 Å². The van der Waals surface area contributed by atoms with Crippen molar-refractivity contribution in [3.63, 3.8) is 0 Å². The highest BCUT2D eigenvalue weighted by molar-refractivity contribution is 6.30. The number of benzene rings is 3. The van der Waals surface area contributed by atoms with Crippen LogP contribution in [-0.4, -0.2) is 5.91 Å². The van der Waals surface area contributed by atoms with Crippen molar-refractivity contribution in [1.29, 1.82) is 0 Å². The molecule has 1 N–H and O–H groups in total. The summed E-state index contributed by atoms with van der Waals surface area (Å²) in [6.07, 6.45) is 0.178. The highest BCUT2D eigenvalue weighted by Crippen LogP contribution is 2.21. The third kappa shape index (κ3) is 4.00. The largest absolute Gasteiger partial charge is 0.323 e. The summed E-state index contributed by atoms with van der Waals surface area (Å²) in [5.74, 6) is -0.820. The van der Waals surface area contributed by atoms with E-state index in [9.17, 15) is 9.18 Å². The number of carbonyl (C=O) groups is 1. The van der Waals surface area contributed by atoms with Crippen LogP contribution in [0.2, 0.25) is 5.02 Å². The van der Waals surface area contributed by atoms with Crippen molar-refractivity contribution in [2.45, 2.75) is 6.42 Å². The monoisotopic (exact) mass is 339 g/mol. The molecule has 0 aromatic heterocycles. The Morgan fingerprint density at radius 1 is 0.917 bits per heavy atom. The molecule has 0 bridgehead atoms. The molecule has 0 unspecified atom stereocenters. The summed E-state index contributed by atoms with van der Waals surface area (Å²) in [5.41, 5.74) is 3.20. The second-order valence-electron chi connectivity index (χ2n) is 5.41. The maximum Gasteiger partial charge on any atom is 0.228 e. The minimum absolute atomic E-state index is 0.130. The van der Waals surface area contributed by atoms with Crippen molar-refractivity contribution in [2.75, 3.05) is 5.32 Å². The topological polar surface area (TPSA) is 29.1 Å². The molecule has 0 saturated heterocycles. The van der Waals surface area contributed by atoms with Gasteiger partial charge in [-0.15, -0.1) is 0 Å². The Labute approximate surface area is 144 Å². The number of hydrogen-bond acceptors (Lipinski definition) is 1. The van der Waals surface area contributed by atoms with Crippen LogP contribution >= 0.6 is 11.6 Å². The summed E-state index contributed by atoms with van der Waals surface area (Å²) in [5, 5.41) is 2.85. The van der Waals surface area contributed by atoms with Crippen molar-refractivity contribution in [3.05, 3.63) is 89.2 Å². The third-order valence-corrected chi connectivity index (χ3v) is 3.87. The summed E-state index contributed by atoms with van der Waals surface area (Å²) in [7, 11) is 0. The SMILES string of the molecule is O=C(Cc1ccc(-c2ccccc2)cc1)Nc1ccc(Cl)cc1F. The van der Waals surface area contributed by atoms with Gasteiger partial charge in [0.2, 0.25) is 5.91 Å². The predicted molar refractivity (Wildman–Crippen MR) is 95.6 cm³/mol. The lowest BCUT2D eigenvalue weighted by atomic mass is 10.0. The molecular formula is C20H15ClFNO. The highest BCUT2D eigenvalue weighted by Gasteiger charge is 2.08. The van der Waals surface area contributed by atoms with Gasteiger partial charge in [-0.3, -0.25) is 4.79 Å². The van der Waals surface area contributed by atoms with E-state index in [0.717, 1.165) is 16.7 Å². The van der Waals surface area contributed by atoms with Crippen LogP contribution < -0.4 is 5.32 Å². The average Bonchev–Trinajstić information content (AvgIpc) is 2.59. The van der Waals surface area contributed by atoms with E-state index >= 15 is 0 Å². The molecule has 120 valence electrons. The first-order valence-corrected chi connectivity index (χ1v) is 7.89. The van der Waals surface area contributed by atoms with Crippen molar-refractivity contribution in [3.8, 4) is 11.1 Å². The Morgan fingerprint density at radius 3 is 2.25 bits per heavy atom.